The van der Waals surface area contributed by atoms with E-state index in [0.717, 1.165) is 23.3 Å². The molecule has 2 aromatic rings. The molecule has 0 aliphatic heterocycles. The van der Waals surface area contributed by atoms with Crippen molar-refractivity contribution in [2.24, 2.45) is 0 Å². The maximum absolute atomic E-state index is 12.3. The molecule has 0 saturated heterocycles. The fourth-order valence-electron chi connectivity index (χ4n) is 2.33. The summed E-state index contributed by atoms with van der Waals surface area (Å²) in [5.41, 5.74) is 1.85. The van der Waals surface area contributed by atoms with Crippen LogP contribution in [0.1, 0.15) is 47.3 Å². The number of aryl methyl sites for hydroxylation is 2. The van der Waals surface area contributed by atoms with Gasteiger partial charge in [0.1, 0.15) is 11.5 Å². The second kappa shape index (κ2) is 7.68. The van der Waals surface area contributed by atoms with Gasteiger partial charge in [0.15, 0.2) is 12.4 Å². The lowest BCUT2D eigenvalue weighted by molar-refractivity contribution is -0.139. The Morgan fingerprint density at radius 2 is 1.96 bits per heavy atom. The molecule has 2 rings (SSSR count). The molecule has 0 fully saturated rings. The van der Waals surface area contributed by atoms with Crippen LogP contribution < -0.4 is 10.1 Å². The van der Waals surface area contributed by atoms with E-state index in [-0.39, 0.29) is 18.6 Å². The molecule has 0 aliphatic carbocycles. The zero-order chi connectivity index (χ0) is 17.7. The van der Waals surface area contributed by atoms with Crippen LogP contribution in [0.15, 0.2) is 34.7 Å². The SMILES string of the molecule is CCc1oc(C(=O)NC(C)c2ccc(OCC(=O)O)cc2)cc1C. The smallest absolute Gasteiger partial charge is 0.341 e. The highest BCUT2D eigenvalue weighted by Gasteiger charge is 2.16. The van der Waals surface area contributed by atoms with Crippen molar-refractivity contribution < 1.29 is 23.8 Å². The lowest BCUT2D eigenvalue weighted by atomic mass is 10.1. The van der Waals surface area contributed by atoms with Crippen molar-refractivity contribution in [2.75, 3.05) is 6.61 Å². The van der Waals surface area contributed by atoms with Crippen LogP contribution >= 0.6 is 0 Å². The number of carboxylic acids is 1. The number of furan rings is 1. The molecular formula is C18H21NO5. The fourth-order valence-corrected chi connectivity index (χ4v) is 2.33. The van der Waals surface area contributed by atoms with E-state index in [1.807, 2.05) is 20.8 Å². The van der Waals surface area contributed by atoms with Crippen molar-refractivity contribution in [2.45, 2.75) is 33.2 Å². The summed E-state index contributed by atoms with van der Waals surface area (Å²) >= 11 is 0. The maximum atomic E-state index is 12.3. The van der Waals surface area contributed by atoms with Gasteiger partial charge in [0.05, 0.1) is 6.04 Å². The molecule has 128 valence electrons. The number of aliphatic carboxylic acids is 1. The number of carbonyl (C=O) groups is 2. The van der Waals surface area contributed by atoms with Crippen molar-refractivity contribution in [1.29, 1.82) is 0 Å². The van der Waals surface area contributed by atoms with Crippen LogP contribution in [0.3, 0.4) is 0 Å². The molecule has 2 N–H and O–H groups in total. The minimum atomic E-state index is -1.03. The van der Waals surface area contributed by atoms with Crippen LogP contribution in [0.25, 0.3) is 0 Å². The highest BCUT2D eigenvalue weighted by atomic mass is 16.5. The van der Waals surface area contributed by atoms with Gasteiger partial charge in [-0.2, -0.15) is 0 Å². The van der Waals surface area contributed by atoms with E-state index in [2.05, 4.69) is 5.32 Å². The van der Waals surface area contributed by atoms with Gasteiger partial charge in [-0.05, 0) is 43.2 Å². The van der Waals surface area contributed by atoms with Gasteiger partial charge in [0.25, 0.3) is 5.91 Å². The molecular weight excluding hydrogens is 310 g/mol. The first kappa shape index (κ1) is 17.6. The van der Waals surface area contributed by atoms with Gasteiger partial charge in [-0.1, -0.05) is 19.1 Å². The Labute approximate surface area is 140 Å². The number of carboxylic acid groups (broad SMARTS) is 1. The number of amides is 1. The first-order valence-electron chi connectivity index (χ1n) is 7.75. The predicted molar refractivity (Wildman–Crippen MR) is 88.3 cm³/mol. The average molecular weight is 331 g/mol. The van der Waals surface area contributed by atoms with Crippen molar-refractivity contribution in [3.8, 4) is 5.75 Å². The Bertz CT molecular complexity index is 718. The van der Waals surface area contributed by atoms with Crippen LogP contribution in [0.4, 0.5) is 0 Å². The Hall–Kier alpha value is -2.76. The molecule has 1 heterocycles. The molecule has 1 amide bonds. The highest BCUT2D eigenvalue weighted by Crippen LogP contribution is 2.19. The molecule has 1 unspecified atom stereocenters. The van der Waals surface area contributed by atoms with E-state index >= 15 is 0 Å². The number of ether oxygens (including phenoxy) is 1. The number of carbonyl (C=O) groups excluding carboxylic acids is 1. The largest absolute Gasteiger partial charge is 0.482 e. The van der Waals surface area contributed by atoms with Crippen LogP contribution in [-0.2, 0) is 11.2 Å². The van der Waals surface area contributed by atoms with E-state index in [9.17, 15) is 9.59 Å². The normalized spacial score (nSPS) is 11.8. The zero-order valence-corrected chi connectivity index (χ0v) is 14.0. The Morgan fingerprint density at radius 3 is 2.50 bits per heavy atom. The number of hydrogen-bond donors (Lipinski definition) is 2. The summed E-state index contributed by atoms with van der Waals surface area (Å²) < 4.78 is 10.6. The van der Waals surface area contributed by atoms with E-state index in [0.29, 0.717) is 11.5 Å². The minimum absolute atomic E-state index is 0.221. The third-order valence-electron chi connectivity index (χ3n) is 3.66. The molecule has 0 bridgehead atoms. The van der Waals surface area contributed by atoms with Crippen LogP contribution in [0.5, 0.6) is 5.75 Å². The van der Waals surface area contributed by atoms with E-state index < -0.39 is 5.97 Å². The van der Waals surface area contributed by atoms with Gasteiger partial charge in [0, 0.05) is 6.42 Å². The fraction of sp³-hybridized carbons (Fsp3) is 0.333. The molecule has 6 nitrogen and oxygen atoms in total. The molecule has 6 heteroatoms. The first-order valence-corrected chi connectivity index (χ1v) is 7.75. The topological polar surface area (TPSA) is 88.8 Å². The maximum Gasteiger partial charge on any atom is 0.341 e. The third-order valence-corrected chi connectivity index (χ3v) is 3.66. The summed E-state index contributed by atoms with van der Waals surface area (Å²) in [6.45, 7) is 5.37. The molecule has 0 radical (unpaired) electrons. The Morgan fingerprint density at radius 1 is 1.29 bits per heavy atom. The van der Waals surface area contributed by atoms with E-state index in [1.165, 1.54) is 0 Å². The van der Waals surface area contributed by atoms with Gasteiger partial charge >= 0.3 is 5.97 Å². The number of nitrogens with one attached hydrogen (secondary N) is 1. The van der Waals surface area contributed by atoms with Crippen molar-refractivity contribution >= 4 is 11.9 Å². The van der Waals surface area contributed by atoms with Crippen molar-refractivity contribution in [3.63, 3.8) is 0 Å². The molecule has 0 aliphatic rings. The monoisotopic (exact) mass is 331 g/mol. The van der Waals surface area contributed by atoms with Crippen LogP contribution in [-0.4, -0.2) is 23.6 Å². The second-order valence-corrected chi connectivity index (χ2v) is 5.52. The van der Waals surface area contributed by atoms with E-state index in [1.54, 1.807) is 30.3 Å². The number of benzene rings is 1. The number of rotatable bonds is 7. The van der Waals surface area contributed by atoms with Crippen molar-refractivity contribution in [1.82, 2.24) is 5.32 Å². The molecule has 1 aromatic heterocycles. The standard InChI is InChI=1S/C18H21NO5/c1-4-15-11(2)9-16(24-15)18(22)19-12(3)13-5-7-14(8-6-13)23-10-17(20)21/h5-9,12H,4,10H2,1-3H3,(H,19,22)(H,20,21). The zero-order valence-electron chi connectivity index (χ0n) is 14.0. The van der Waals surface area contributed by atoms with Crippen LogP contribution in [0, 0.1) is 6.92 Å². The predicted octanol–water partition coefficient (Wildman–Crippen LogP) is 3.10. The quantitative estimate of drug-likeness (QED) is 0.814. The van der Waals surface area contributed by atoms with Gasteiger partial charge < -0.3 is 19.6 Å². The second-order valence-electron chi connectivity index (χ2n) is 5.52. The summed E-state index contributed by atoms with van der Waals surface area (Å²) in [7, 11) is 0. The summed E-state index contributed by atoms with van der Waals surface area (Å²) in [5, 5.41) is 11.5. The van der Waals surface area contributed by atoms with E-state index in [4.69, 9.17) is 14.3 Å². The summed E-state index contributed by atoms with van der Waals surface area (Å²) in [5.74, 6) is 0.288. The summed E-state index contributed by atoms with van der Waals surface area (Å²) in [4.78, 5) is 22.7. The van der Waals surface area contributed by atoms with Gasteiger partial charge in [-0.25, -0.2) is 4.79 Å². The van der Waals surface area contributed by atoms with Crippen LogP contribution in [0.2, 0.25) is 0 Å². The molecule has 24 heavy (non-hydrogen) atoms. The molecule has 0 spiro atoms. The minimum Gasteiger partial charge on any atom is -0.482 e. The Kier molecular flexibility index (Phi) is 5.63. The molecule has 1 aromatic carbocycles. The lowest BCUT2D eigenvalue weighted by Gasteiger charge is -2.14. The first-order chi connectivity index (χ1) is 11.4. The Balaban J connectivity index is 1.99. The third kappa shape index (κ3) is 4.38. The molecule has 0 saturated carbocycles. The van der Waals surface area contributed by atoms with Gasteiger partial charge in [-0.3, -0.25) is 4.79 Å². The summed E-state index contributed by atoms with van der Waals surface area (Å²) in [6.07, 6.45) is 0.743. The summed E-state index contributed by atoms with van der Waals surface area (Å²) in [6, 6.07) is 8.44. The molecule has 1 atom stereocenters. The lowest BCUT2D eigenvalue weighted by Crippen LogP contribution is -2.26. The van der Waals surface area contributed by atoms with Gasteiger partial charge in [-0.15, -0.1) is 0 Å². The average Bonchev–Trinajstić information content (AvgIpc) is 2.94. The highest BCUT2D eigenvalue weighted by molar-refractivity contribution is 5.92. The van der Waals surface area contributed by atoms with Gasteiger partial charge in [0.2, 0.25) is 0 Å². The van der Waals surface area contributed by atoms with Crippen molar-refractivity contribution in [3.05, 3.63) is 53.0 Å². The number of hydrogen-bond acceptors (Lipinski definition) is 4.